The lowest BCUT2D eigenvalue weighted by atomic mass is 10.1. The molecule has 132 valence electrons. The monoisotopic (exact) mass is 361 g/mol. The van der Waals surface area contributed by atoms with Gasteiger partial charge in [0.2, 0.25) is 0 Å². The van der Waals surface area contributed by atoms with Crippen molar-refractivity contribution in [2.75, 3.05) is 26.2 Å². The largest absolute Gasteiger partial charge is 0.387 e. The molecule has 0 radical (unpaired) electrons. The number of nitrogens with one attached hydrogen (secondary N) is 1. The van der Waals surface area contributed by atoms with E-state index in [0.29, 0.717) is 13.1 Å². The molecule has 0 bridgehead atoms. The van der Waals surface area contributed by atoms with E-state index in [0.717, 1.165) is 20.5 Å². The summed E-state index contributed by atoms with van der Waals surface area (Å²) in [5.41, 5.74) is 0.735. The third kappa shape index (κ3) is 3.35. The van der Waals surface area contributed by atoms with E-state index in [1.165, 1.54) is 16.2 Å². The highest BCUT2D eigenvalue weighted by atomic mass is 32.1. The molecule has 7 nitrogen and oxygen atoms in total. The highest BCUT2D eigenvalue weighted by molar-refractivity contribution is 7.17. The molecule has 0 saturated carbocycles. The van der Waals surface area contributed by atoms with Crippen LogP contribution in [0.5, 0.6) is 0 Å². The molecule has 3 rings (SSSR count). The zero-order valence-corrected chi connectivity index (χ0v) is 14.6. The quantitative estimate of drug-likeness (QED) is 0.804. The highest BCUT2D eigenvalue weighted by Crippen LogP contribution is 2.29. The minimum absolute atomic E-state index is 0.0327. The fourth-order valence-corrected chi connectivity index (χ4v) is 3.82. The van der Waals surface area contributed by atoms with E-state index in [9.17, 15) is 19.5 Å². The first kappa shape index (κ1) is 17.4. The number of carbonyl (C=O) groups excluding carboxylic acids is 3. The van der Waals surface area contributed by atoms with Crippen molar-refractivity contribution in [3.8, 4) is 0 Å². The number of benzene rings is 1. The first-order valence-electron chi connectivity index (χ1n) is 8.05. The number of piperazine rings is 1. The van der Waals surface area contributed by atoms with Crippen LogP contribution in [0.3, 0.4) is 0 Å². The number of imide groups is 1. The van der Waals surface area contributed by atoms with Crippen LogP contribution < -0.4 is 5.32 Å². The Morgan fingerprint density at radius 2 is 2.04 bits per heavy atom. The fourth-order valence-electron chi connectivity index (χ4n) is 2.82. The SMILES string of the molecule is CCN1CCN(C(=O)NC[C@H](O)c2csc3ccccc23)C(=O)C1=O. The number of fused-ring (bicyclic) bond motifs is 1. The number of hydrogen-bond donors (Lipinski definition) is 2. The van der Waals surface area contributed by atoms with Crippen molar-refractivity contribution in [1.29, 1.82) is 0 Å². The van der Waals surface area contributed by atoms with E-state index in [1.54, 1.807) is 6.92 Å². The van der Waals surface area contributed by atoms with Gasteiger partial charge in [0.25, 0.3) is 0 Å². The topological polar surface area (TPSA) is 89.9 Å². The second-order valence-electron chi connectivity index (χ2n) is 5.73. The Kier molecular flexibility index (Phi) is 5.00. The molecule has 1 aromatic carbocycles. The van der Waals surface area contributed by atoms with E-state index in [2.05, 4.69) is 5.32 Å². The Morgan fingerprint density at radius 1 is 1.28 bits per heavy atom. The van der Waals surface area contributed by atoms with Crippen LogP contribution in [0.2, 0.25) is 0 Å². The second kappa shape index (κ2) is 7.20. The van der Waals surface area contributed by atoms with Crippen molar-refractivity contribution >= 4 is 39.3 Å². The van der Waals surface area contributed by atoms with Gasteiger partial charge in [-0.05, 0) is 23.8 Å². The van der Waals surface area contributed by atoms with Crippen LogP contribution in [0.4, 0.5) is 4.79 Å². The Morgan fingerprint density at radius 3 is 2.80 bits per heavy atom. The molecule has 1 aromatic heterocycles. The molecule has 0 spiro atoms. The number of likely N-dealkylation sites (N-methyl/N-ethyl adjacent to an activating group) is 1. The molecule has 2 aromatic rings. The number of carbonyl (C=O) groups is 3. The van der Waals surface area contributed by atoms with Crippen LogP contribution >= 0.6 is 11.3 Å². The number of rotatable bonds is 4. The highest BCUT2D eigenvalue weighted by Gasteiger charge is 2.35. The van der Waals surface area contributed by atoms with Gasteiger partial charge in [-0.3, -0.25) is 14.5 Å². The maximum Gasteiger partial charge on any atom is 0.324 e. The predicted octanol–water partition coefficient (Wildman–Crippen LogP) is 1.33. The number of urea groups is 1. The molecule has 2 heterocycles. The summed E-state index contributed by atoms with van der Waals surface area (Å²) in [5.74, 6) is -1.51. The lowest BCUT2D eigenvalue weighted by Crippen LogP contribution is -2.58. The van der Waals surface area contributed by atoms with Gasteiger partial charge in [-0.25, -0.2) is 4.79 Å². The summed E-state index contributed by atoms with van der Waals surface area (Å²) >= 11 is 1.52. The summed E-state index contributed by atoms with van der Waals surface area (Å²) < 4.78 is 1.05. The molecule has 0 aliphatic carbocycles. The third-order valence-electron chi connectivity index (χ3n) is 4.25. The summed E-state index contributed by atoms with van der Waals surface area (Å²) in [7, 11) is 0. The average Bonchev–Trinajstić information content (AvgIpc) is 3.06. The van der Waals surface area contributed by atoms with Crippen molar-refractivity contribution < 1.29 is 19.5 Å². The lowest BCUT2D eigenvalue weighted by molar-refractivity contribution is -0.153. The Bertz CT molecular complexity index is 819. The average molecular weight is 361 g/mol. The maximum atomic E-state index is 12.2. The number of hydrogen-bond acceptors (Lipinski definition) is 5. The molecular weight excluding hydrogens is 342 g/mol. The van der Waals surface area contributed by atoms with Gasteiger partial charge >= 0.3 is 17.8 Å². The zero-order valence-electron chi connectivity index (χ0n) is 13.8. The van der Waals surface area contributed by atoms with Gasteiger partial charge in [0, 0.05) is 36.4 Å². The number of nitrogens with zero attached hydrogens (tertiary/aromatic N) is 2. The lowest BCUT2D eigenvalue weighted by Gasteiger charge is -2.31. The third-order valence-corrected chi connectivity index (χ3v) is 5.23. The molecule has 0 unspecified atom stereocenters. The first-order valence-corrected chi connectivity index (χ1v) is 8.93. The summed E-state index contributed by atoms with van der Waals surface area (Å²) in [6, 6.07) is 7.04. The number of amides is 4. The predicted molar refractivity (Wildman–Crippen MR) is 94.2 cm³/mol. The van der Waals surface area contributed by atoms with Gasteiger partial charge in [0.15, 0.2) is 0 Å². The van der Waals surface area contributed by atoms with Gasteiger partial charge in [-0.1, -0.05) is 18.2 Å². The van der Waals surface area contributed by atoms with E-state index < -0.39 is 23.9 Å². The van der Waals surface area contributed by atoms with Crippen molar-refractivity contribution in [3.63, 3.8) is 0 Å². The molecule has 25 heavy (non-hydrogen) atoms. The normalized spacial score (nSPS) is 16.4. The molecule has 1 atom stereocenters. The van der Waals surface area contributed by atoms with Crippen LogP contribution in [0.15, 0.2) is 29.6 Å². The number of aliphatic hydroxyl groups is 1. The van der Waals surface area contributed by atoms with E-state index in [4.69, 9.17) is 0 Å². The van der Waals surface area contributed by atoms with Crippen LogP contribution in [-0.4, -0.2) is 58.9 Å². The van der Waals surface area contributed by atoms with Crippen LogP contribution in [0.25, 0.3) is 10.1 Å². The van der Waals surface area contributed by atoms with Gasteiger partial charge in [-0.15, -0.1) is 11.3 Å². The van der Waals surface area contributed by atoms with Crippen molar-refractivity contribution in [2.24, 2.45) is 0 Å². The Balaban J connectivity index is 1.62. The standard InChI is InChI=1S/C17H19N3O4S/c1-2-19-7-8-20(16(23)15(19)22)17(24)18-9-13(21)12-10-25-14-6-4-3-5-11(12)14/h3-6,10,13,21H,2,7-9H2,1H3,(H,18,24)/t13-/m0/s1. The van der Waals surface area contributed by atoms with Crippen molar-refractivity contribution in [2.45, 2.75) is 13.0 Å². The van der Waals surface area contributed by atoms with Crippen molar-refractivity contribution in [1.82, 2.24) is 15.1 Å². The number of thiophene rings is 1. The van der Waals surface area contributed by atoms with E-state index in [1.807, 2.05) is 29.6 Å². The van der Waals surface area contributed by atoms with Crippen LogP contribution in [-0.2, 0) is 9.59 Å². The maximum absolute atomic E-state index is 12.2. The minimum Gasteiger partial charge on any atom is -0.387 e. The summed E-state index contributed by atoms with van der Waals surface area (Å²) in [4.78, 5) is 38.3. The Hall–Kier alpha value is -2.45. The smallest absolute Gasteiger partial charge is 0.324 e. The second-order valence-corrected chi connectivity index (χ2v) is 6.64. The molecule has 1 aliphatic heterocycles. The molecule has 8 heteroatoms. The van der Waals surface area contributed by atoms with Gasteiger partial charge in [0.1, 0.15) is 0 Å². The van der Waals surface area contributed by atoms with Gasteiger partial charge in [0.05, 0.1) is 6.10 Å². The Labute approximate surface area is 148 Å². The molecule has 1 saturated heterocycles. The van der Waals surface area contributed by atoms with E-state index >= 15 is 0 Å². The fraction of sp³-hybridized carbons (Fsp3) is 0.353. The molecule has 1 aliphatic rings. The number of aliphatic hydroxyl groups excluding tert-OH is 1. The van der Waals surface area contributed by atoms with Crippen LogP contribution in [0.1, 0.15) is 18.6 Å². The van der Waals surface area contributed by atoms with Gasteiger partial charge in [-0.2, -0.15) is 0 Å². The molecule has 4 amide bonds. The van der Waals surface area contributed by atoms with Gasteiger partial charge < -0.3 is 15.3 Å². The summed E-state index contributed by atoms with van der Waals surface area (Å²) in [6.07, 6.45) is -0.886. The summed E-state index contributed by atoms with van der Waals surface area (Å²) in [6.45, 7) is 2.66. The molecular formula is C17H19N3O4S. The van der Waals surface area contributed by atoms with Crippen LogP contribution in [0, 0.1) is 0 Å². The minimum atomic E-state index is -0.886. The molecule has 1 fully saturated rings. The van der Waals surface area contributed by atoms with Crippen molar-refractivity contribution in [3.05, 3.63) is 35.2 Å². The zero-order chi connectivity index (χ0) is 18.0. The molecule has 2 N–H and O–H groups in total. The summed E-state index contributed by atoms with van der Waals surface area (Å²) in [5, 5.41) is 15.7. The van der Waals surface area contributed by atoms with E-state index in [-0.39, 0.29) is 13.1 Å². The first-order chi connectivity index (χ1) is 12.0.